The monoisotopic (exact) mass is 293 g/mol. The van der Waals surface area contributed by atoms with Crippen molar-refractivity contribution in [1.29, 1.82) is 0 Å². The zero-order valence-corrected chi connectivity index (χ0v) is 12.4. The van der Waals surface area contributed by atoms with Crippen LogP contribution in [0.5, 0.6) is 5.75 Å². The molecule has 6 heteroatoms. The smallest absolute Gasteiger partial charge is 0.121 e. The molecule has 21 heavy (non-hydrogen) atoms. The van der Waals surface area contributed by atoms with Crippen LogP contribution in [0, 0.1) is 4.91 Å². The molecule has 1 saturated heterocycles. The second-order valence-electron chi connectivity index (χ2n) is 5.52. The molecule has 1 unspecified atom stereocenters. The highest BCUT2D eigenvalue weighted by Gasteiger charge is 2.17. The van der Waals surface area contributed by atoms with Gasteiger partial charge in [-0.1, -0.05) is 11.2 Å². The van der Waals surface area contributed by atoms with E-state index in [-0.39, 0.29) is 12.4 Å². The molecular formula is C15H23N3O3. The topological polar surface area (TPSA) is 76.4 Å². The fourth-order valence-corrected chi connectivity index (χ4v) is 2.66. The molecule has 1 atom stereocenters. The first kappa shape index (κ1) is 15.9. The van der Waals surface area contributed by atoms with Gasteiger partial charge in [-0.05, 0) is 24.6 Å². The number of nitrogens with zero attached hydrogens (tertiary/aromatic N) is 3. The Balaban J connectivity index is 1.96. The molecule has 0 spiro atoms. The molecular weight excluding hydrogens is 270 g/mol. The third-order valence-electron chi connectivity index (χ3n) is 3.99. The molecule has 1 aliphatic rings. The largest absolute Gasteiger partial charge is 0.508 e. The lowest BCUT2D eigenvalue weighted by Crippen LogP contribution is -2.46. The first-order chi connectivity index (χ1) is 10.1. The molecule has 0 radical (unpaired) electrons. The van der Waals surface area contributed by atoms with Crippen molar-refractivity contribution in [2.45, 2.75) is 19.5 Å². The Morgan fingerprint density at radius 3 is 2.52 bits per heavy atom. The predicted octanol–water partition coefficient (Wildman–Crippen LogP) is 1.33. The van der Waals surface area contributed by atoms with E-state index in [9.17, 15) is 10.0 Å². The van der Waals surface area contributed by atoms with E-state index in [1.807, 2.05) is 12.1 Å². The fraction of sp³-hybridized carbons (Fsp3) is 0.600. The maximum absolute atomic E-state index is 10.7. The summed E-state index contributed by atoms with van der Waals surface area (Å²) in [6, 6.07) is 4.85. The molecule has 0 aromatic heterocycles. The van der Waals surface area contributed by atoms with Crippen LogP contribution in [0.25, 0.3) is 0 Å². The average molecular weight is 293 g/mol. The summed E-state index contributed by atoms with van der Waals surface area (Å²) in [5.41, 5.74) is 1.66. The van der Waals surface area contributed by atoms with E-state index < -0.39 is 6.04 Å². The number of aliphatic hydroxyl groups excluding tert-OH is 1. The van der Waals surface area contributed by atoms with Crippen LogP contribution in [0.3, 0.4) is 0 Å². The summed E-state index contributed by atoms with van der Waals surface area (Å²) < 4.78 is 0. The van der Waals surface area contributed by atoms with E-state index in [0.29, 0.717) is 5.56 Å². The summed E-state index contributed by atoms with van der Waals surface area (Å²) in [6.45, 7) is 7.24. The van der Waals surface area contributed by atoms with Crippen LogP contribution in [0.2, 0.25) is 0 Å². The fourth-order valence-electron chi connectivity index (χ4n) is 2.66. The zero-order valence-electron chi connectivity index (χ0n) is 12.4. The Labute approximate surface area is 125 Å². The van der Waals surface area contributed by atoms with E-state index in [1.54, 1.807) is 13.0 Å². The van der Waals surface area contributed by atoms with Gasteiger partial charge in [-0.3, -0.25) is 9.80 Å². The van der Waals surface area contributed by atoms with E-state index in [1.165, 1.54) is 0 Å². The van der Waals surface area contributed by atoms with Crippen molar-refractivity contribution in [3.63, 3.8) is 0 Å². The lowest BCUT2D eigenvalue weighted by atomic mass is 10.0. The number of benzene rings is 1. The molecule has 0 amide bonds. The number of hydrogen-bond donors (Lipinski definition) is 2. The van der Waals surface area contributed by atoms with E-state index in [2.05, 4.69) is 15.0 Å². The summed E-state index contributed by atoms with van der Waals surface area (Å²) >= 11 is 0. The van der Waals surface area contributed by atoms with E-state index >= 15 is 0 Å². The molecule has 1 heterocycles. The summed E-state index contributed by atoms with van der Waals surface area (Å²) in [5.74, 6) is 0.124. The lowest BCUT2D eigenvalue weighted by Gasteiger charge is -2.34. The van der Waals surface area contributed by atoms with Crippen LogP contribution in [0.15, 0.2) is 23.4 Å². The molecule has 0 aliphatic carbocycles. The molecule has 1 aromatic carbocycles. The highest BCUT2D eigenvalue weighted by molar-refractivity contribution is 5.38. The minimum atomic E-state index is -0.536. The van der Waals surface area contributed by atoms with Crippen LogP contribution < -0.4 is 0 Å². The maximum Gasteiger partial charge on any atom is 0.121 e. The number of aromatic hydroxyl groups is 1. The van der Waals surface area contributed by atoms with Gasteiger partial charge in [0.1, 0.15) is 11.8 Å². The van der Waals surface area contributed by atoms with E-state index in [0.717, 1.165) is 44.8 Å². The number of nitroso groups, excluding NO2 is 1. The molecule has 1 aliphatic heterocycles. The number of β-amino-alcohol motifs (C(OH)–C–C–N with tert-alkyl or cyclic N) is 1. The Hall–Kier alpha value is -1.50. The van der Waals surface area contributed by atoms with Crippen molar-refractivity contribution >= 4 is 0 Å². The van der Waals surface area contributed by atoms with Gasteiger partial charge in [0.15, 0.2) is 0 Å². The van der Waals surface area contributed by atoms with Crippen LogP contribution in [0.1, 0.15) is 24.1 Å². The molecule has 0 saturated carbocycles. The van der Waals surface area contributed by atoms with Gasteiger partial charge in [0, 0.05) is 44.8 Å². The van der Waals surface area contributed by atoms with Gasteiger partial charge in [-0.15, -0.1) is 0 Å². The molecule has 116 valence electrons. The standard InChI is InChI=1S/C15H23N3O3/c1-12(16-21)14-10-13(2-3-15(14)20)11-18-6-4-17(5-7-18)8-9-19/h2-3,10,12,19-20H,4-9,11H2,1H3. The molecule has 6 nitrogen and oxygen atoms in total. The van der Waals surface area contributed by atoms with Crippen LogP contribution in [0.4, 0.5) is 0 Å². The van der Waals surface area contributed by atoms with Gasteiger partial charge in [-0.25, -0.2) is 0 Å². The van der Waals surface area contributed by atoms with Gasteiger partial charge in [0.25, 0.3) is 0 Å². The molecule has 1 fully saturated rings. The van der Waals surface area contributed by atoms with Gasteiger partial charge in [-0.2, -0.15) is 4.91 Å². The van der Waals surface area contributed by atoms with Crippen molar-refractivity contribution in [3.05, 3.63) is 34.2 Å². The SMILES string of the molecule is CC(N=O)c1cc(CN2CCN(CCO)CC2)ccc1O. The predicted molar refractivity (Wildman–Crippen MR) is 81.1 cm³/mol. The van der Waals surface area contributed by atoms with Crippen LogP contribution >= 0.6 is 0 Å². The second kappa shape index (κ2) is 7.49. The Morgan fingerprint density at radius 2 is 1.90 bits per heavy atom. The first-order valence-corrected chi connectivity index (χ1v) is 7.34. The third-order valence-corrected chi connectivity index (χ3v) is 3.99. The summed E-state index contributed by atoms with van der Waals surface area (Å²) in [7, 11) is 0. The highest BCUT2D eigenvalue weighted by Crippen LogP contribution is 2.27. The Morgan fingerprint density at radius 1 is 1.24 bits per heavy atom. The molecule has 2 N–H and O–H groups in total. The average Bonchev–Trinajstić information content (AvgIpc) is 2.50. The van der Waals surface area contributed by atoms with Crippen LogP contribution in [-0.4, -0.2) is 59.3 Å². The van der Waals surface area contributed by atoms with Crippen molar-refractivity contribution < 1.29 is 10.2 Å². The minimum absolute atomic E-state index is 0.124. The van der Waals surface area contributed by atoms with Crippen molar-refractivity contribution in [1.82, 2.24) is 9.80 Å². The summed E-state index contributed by atoms with van der Waals surface area (Å²) in [5, 5.41) is 21.7. The maximum atomic E-state index is 10.7. The Kier molecular flexibility index (Phi) is 5.67. The number of rotatable bonds is 6. The number of aliphatic hydroxyl groups is 1. The van der Waals surface area contributed by atoms with Crippen molar-refractivity contribution in [2.24, 2.45) is 5.18 Å². The molecule has 0 bridgehead atoms. The number of phenols is 1. The number of phenolic OH excluding ortho intramolecular Hbond substituents is 1. The summed E-state index contributed by atoms with van der Waals surface area (Å²) in [6.07, 6.45) is 0. The van der Waals surface area contributed by atoms with Gasteiger partial charge in [0.2, 0.25) is 0 Å². The normalized spacial score (nSPS) is 18.6. The number of piperazine rings is 1. The molecule has 2 rings (SSSR count). The van der Waals surface area contributed by atoms with Gasteiger partial charge in [0.05, 0.1) is 6.61 Å². The van der Waals surface area contributed by atoms with E-state index in [4.69, 9.17) is 5.11 Å². The second-order valence-corrected chi connectivity index (χ2v) is 5.52. The Bertz CT molecular complexity index is 473. The quantitative estimate of drug-likeness (QED) is 0.774. The third kappa shape index (κ3) is 4.23. The molecule has 1 aromatic rings. The van der Waals surface area contributed by atoms with Crippen LogP contribution in [-0.2, 0) is 6.54 Å². The van der Waals surface area contributed by atoms with Gasteiger partial charge >= 0.3 is 0 Å². The number of hydrogen-bond acceptors (Lipinski definition) is 6. The lowest BCUT2D eigenvalue weighted by molar-refractivity contribution is 0.108. The summed E-state index contributed by atoms with van der Waals surface area (Å²) in [4.78, 5) is 15.2. The van der Waals surface area contributed by atoms with Crippen molar-refractivity contribution in [3.8, 4) is 5.75 Å². The van der Waals surface area contributed by atoms with Crippen molar-refractivity contribution in [2.75, 3.05) is 39.3 Å². The van der Waals surface area contributed by atoms with Gasteiger partial charge < -0.3 is 10.2 Å². The minimum Gasteiger partial charge on any atom is -0.508 e. The first-order valence-electron chi connectivity index (χ1n) is 7.34. The highest BCUT2D eigenvalue weighted by atomic mass is 16.3. The zero-order chi connectivity index (χ0) is 15.2.